The van der Waals surface area contributed by atoms with Gasteiger partial charge in [-0.15, -0.1) is 0 Å². The molecule has 2 unspecified atom stereocenters. The molecule has 0 spiro atoms. The normalized spacial score (nSPS) is 26.6. The summed E-state index contributed by atoms with van der Waals surface area (Å²) in [6.45, 7) is 2.18. The Morgan fingerprint density at radius 1 is 1.10 bits per heavy atom. The molecule has 2 fully saturated rings. The third-order valence-electron chi connectivity index (χ3n) is 4.31. The number of para-hydroxylation sites is 1. The Morgan fingerprint density at radius 3 is 2.71 bits per heavy atom. The molecule has 0 aliphatic carbocycles. The van der Waals surface area contributed by atoms with Crippen LogP contribution in [-0.4, -0.2) is 35.6 Å². The Morgan fingerprint density at radius 2 is 1.90 bits per heavy atom. The van der Waals surface area contributed by atoms with Gasteiger partial charge in [0.25, 0.3) is 0 Å². The van der Waals surface area contributed by atoms with E-state index in [-0.39, 0.29) is 22.7 Å². The first kappa shape index (κ1) is 15.0. The van der Waals surface area contributed by atoms with Gasteiger partial charge in [0.15, 0.2) is 0 Å². The molecule has 6 heteroatoms. The lowest BCUT2D eigenvalue weighted by Gasteiger charge is -2.33. The summed E-state index contributed by atoms with van der Waals surface area (Å²) in [4.78, 5) is 2.74. The van der Waals surface area contributed by atoms with Gasteiger partial charge in [-0.05, 0) is 49.7 Å². The lowest BCUT2D eigenvalue weighted by atomic mass is 9.99. The quantitative estimate of drug-likeness (QED) is 0.835. The zero-order valence-corrected chi connectivity index (χ0v) is 12.5. The highest BCUT2D eigenvalue weighted by Gasteiger charge is 2.36. The number of hydrogen-bond donors (Lipinski definition) is 1. The van der Waals surface area contributed by atoms with Gasteiger partial charge >= 0.3 is 5.51 Å². The van der Waals surface area contributed by atoms with E-state index in [1.54, 1.807) is 18.2 Å². The standard InChI is InChI=1S/C15H19F3N2S/c16-15(17,18)21-14-7-2-1-5-12(14)19-11-8-10-20-9-4-3-6-13(11)20/h1-2,5,7,11,13,19H,3-4,6,8-10H2. The van der Waals surface area contributed by atoms with Crippen LogP contribution in [0, 0.1) is 0 Å². The van der Waals surface area contributed by atoms with Crippen LogP contribution in [0.15, 0.2) is 29.2 Å². The van der Waals surface area contributed by atoms with Crippen LogP contribution in [0.1, 0.15) is 25.7 Å². The largest absolute Gasteiger partial charge is 0.446 e. The van der Waals surface area contributed by atoms with Crippen molar-refractivity contribution in [1.29, 1.82) is 0 Å². The van der Waals surface area contributed by atoms with Crippen LogP contribution in [0.4, 0.5) is 18.9 Å². The number of hydrogen-bond acceptors (Lipinski definition) is 3. The predicted molar refractivity (Wildman–Crippen MR) is 79.6 cm³/mol. The maximum atomic E-state index is 12.6. The molecule has 2 atom stereocenters. The molecule has 3 rings (SSSR count). The predicted octanol–water partition coefficient (Wildman–Crippen LogP) is 4.34. The highest BCUT2D eigenvalue weighted by molar-refractivity contribution is 8.00. The van der Waals surface area contributed by atoms with E-state index in [0.29, 0.717) is 11.7 Å². The summed E-state index contributed by atoms with van der Waals surface area (Å²) in [7, 11) is 0. The summed E-state index contributed by atoms with van der Waals surface area (Å²) in [5, 5.41) is 3.37. The maximum absolute atomic E-state index is 12.6. The summed E-state index contributed by atoms with van der Waals surface area (Å²) in [6, 6.07) is 7.47. The number of nitrogens with zero attached hydrogens (tertiary/aromatic N) is 1. The van der Waals surface area contributed by atoms with E-state index in [9.17, 15) is 13.2 Å². The van der Waals surface area contributed by atoms with Gasteiger partial charge in [0.05, 0.1) is 0 Å². The minimum Gasteiger partial charge on any atom is -0.380 e. The highest BCUT2D eigenvalue weighted by atomic mass is 32.2. The molecule has 2 nitrogen and oxygen atoms in total. The van der Waals surface area contributed by atoms with Gasteiger partial charge in [0, 0.05) is 29.2 Å². The van der Waals surface area contributed by atoms with Crippen molar-refractivity contribution in [2.24, 2.45) is 0 Å². The smallest absolute Gasteiger partial charge is 0.380 e. The Labute approximate surface area is 127 Å². The Kier molecular flexibility index (Phi) is 4.36. The van der Waals surface area contributed by atoms with Crippen molar-refractivity contribution in [3.8, 4) is 0 Å². The molecule has 0 radical (unpaired) electrons. The molecule has 21 heavy (non-hydrogen) atoms. The number of rotatable bonds is 3. The van der Waals surface area contributed by atoms with Crippen LogP contribution in [-0.2, 0) is 0 Å². The van der Waals surface area contributed by atoms with Gasteiger partial charge in [-0.1, -0.05) is 18.6 Å². The molecule has 0 aromatic heterocycles. The van der Waals surface area contributed by atoms with E-state index >= 15 is 0 Å². The van der Waals surface area contributed by atoms with Crippen molar-refractivity contribution < 1.29 is 13.2 Å². The zero-order chi connectivity index (χ0) is 14.9. The monoisotopic (exact) mass is 316 g/mol. The zero-order valence-electron chi connectivity index (χ0n) is 11.7. The summed E-state index contributed by atoms with van der Waals surface area (Å²) in [6.07, 6.45) is 4.62. The molecule has 2 aliphatic rings. The molecule has 0 amide bonds. The van der Waals surface area contributed by atoms with Crippen LogP contribution < -0.4 is 5.32 Å². The van der Waals surface area contributed by atoms with Crippen LogP contribution in [0.5, 0.6) is 0 Å². The van der Waals surface area contributed by atoms with Crippen molar-refractivity contribution in [3.05, 3.63) is 24.3 Å². The highest BCUT2D eigenvalue weighted by Crippen LogP contribution is 2.41. The van der Waals surface area contributed by atoms with Gasteiger partial charge in [0.2, 0.25) is 0 Å². The fourth-order valence-electron chi connectivity index (χ4n) is 3.42. The Bertz CT molecular complexity index is 492. The van der Waals surface area contributed by atoms with Crippen molar-refractivity contribution in [2.75, 3.05) is 18.4 Å². The van der Waals surface area contributed by atoms with E-state index in [2.05, 4.69) is 10.2 Å². The summed E-state index contributed by atoms with van der Waals surface area (Å²) < 4.78 is 37.9. The Hall–Kier alpha value is -0.880. The molecular weight excluding hydrogens is 297 g/mol. The van der Waals surface area contributed by atoms with Crippen LogP contribution in [0.25, 0.3) is 0 Å². The van der Waals surface area contributed by atoms with Gasteiger partial charge in [-0.25, -0.2) is 0 Å². The number of anilines is 1. The average molecular weight is 316 g/mol. The average Bonchev–Trinajstić information content (AvgIpc) is 2.83. The molecule has 0 saturated carbocycles. The Balaban J connectivity index is 1.73. The second-order valence-electron chi connectivity index (χ2n) is 5.68. The molecular formula is C15H19F3N2S. The molecule has 2 heterocycles. The molecule has 1 N–H and O–H groups in total. The van der Waals surface area contributed by atoms with Crippen LogP contribution in [0.3, 0.4) is 0 Å². The molecule has 2 saturated heterocycles. The van der Waals surface area contributed by atoms with Gasteiger partial charge < -0.3 is 5.32 Å². The van der Waals surface area contributed by atoms with Crippen LogP contribution in [0.2, 0.25) is 0 Å². The molecule has 0 bridgehead atoms. The van der Waals surface area contributed by atoms with Crippen molar-refractivity contribution in [3.63, 3.8) is 0 Å². The van der Waals surface area contributed by atoms with E-state index < -0.39 is 5.51 Å². The topological polar surface area (TPSA) is 15.3 Å². The first-order valence-electron chi connectivity index (χ1n) is 7.38. The van der Waals surface area contributed by atoms with Crippen molar-refractivity contribution in [2.45, 2.75) is 48.2 Å². The fraction of sp³-hybridized carbons (Fsp3) is 0.600. The number of fused-ring (bicyclic) bond motifs is 1. The first-order valence-corrected chi connectivity index (χ1v) is 8.20. The summed E-state index contributed by atoms with van der Waals surface area (Å²) in [5.41, 5.74) is -3.64. The molecule has 1 aromatic carbocycles. The number of alkyl halides is 3. The van der Waals surface area contributed by atoms with Gasteiger partial charge in [-0.3, -0.25) is 4.90 Å². The first-order chi connectivity index (χ1) is 10.0. The number of nitrogens with one attached hydrogen (secondary N) is 1. The van der Waals surface area contributed by atoms with E-state index in [0.717, 1.165) is 25.9 Å². The van der Waals surface area contributed by atoms with Crippen molar-refractivity contribution >= 4 is 17.4 Å². The number of halogens is 3. The fourth-order valence-corrected chi connectivity index (χ4v) is 4.05. The van der Waals surface area contributed by atoms with E-state index in [1.807, 2.05) is 0 Å². The third kappa shape index (κ3) is 3.66. The third-order valence-corrected chi connectivity index (χ3v) is 5.12. The maximum Gasteiger partial charge on any atom is 0.446 e. The molecule has 2 aliphatic heterocycles. The lowest BCUT2D eigenvalue weighted by molar-refractivity contribution is -0.0327. The minimum absolute atomic E-state index is 0.0360. The van der Waals surface area contributed by atoms with E-state index in [4.69, 9.17) is 0 Å². The van der Waals surface area contributed by atoms with E-state index in [1.165, 1.54) is 18.9 Å². The summed E-state index contributed by atoms with van der Waals surface area (Å²) in [5.74, 6) is 0. The second kappa shape index (κ2) is 6.08. The number of thioether (sulfide) groups is 1. The van der Waals surface area contributed by atoms with Crippen LogP contribution >= 0.6 is 11.8 Å². The summed E-state index contributed by atoms with van der Waals surface area (Å²) >= 11 is -0.0360. The SMILES string of the molecule is FC(F)(F)Sc1ccccc1NC1CCN2CCCCC12. The number of piperidine rings is 1. The van der Waals surface area contributed by atoms with Gasteiger partial charge in [-0.2, -0.15) is 13.2 Å². The molecule has 1 aromatic rings. The number of benzene rings is 1. The van der Waals surface area contributed by atoms with Crippen molar-refractivity contribution in [1.82, 2.24) is 4.90 Å². The van der Waals surface area contributed by atoms with Gasteiger partial charge in [0.1, 0.15) is 0 Å². The second-order valence-corrected chi connectivity index (χ2v) is 6.79. The molecule has 116 valence electrons. The minimum atomic E-state index is -4.25. The lowest BCUT2D eigenvalue weighted by Crippen LogP contribution is -2.41.